The van der Waals surface area contributed by atoms with Crippen LogP contribution >= 0.6 is 0 Å². The normalized spacial score (nSPS) is 13.7. The van der Waals surface area contributed by atoms with Gasteiger partial charge in [-0.3, -0.25) is 29.0 Å². The highest BCUT2D eigenvalue weighted by Gasteiger charge is 2.30. The van der Waals surface area contributed by atoms with E-state index in [0.717, 1.165) is 5.56 Å². The quantitative estimate of drug-likeness (QED) is 0.0613. The highest BCUT2D eigenvalue weighted by molar-refractivity contribution is 5.95. The second-order valence-corrected chi connectivity index (χ2v) is 9.78. The second-order valence-electron chi connectivity index (χ2n) is 9.78. The minimum atomic E-state index is -1.24. The zero-order chi connectivity index (χ0) is 30.2. The number of carbonyl (C=O) groups excluding carboxylic acids is 4. The van der Waals surface area contributed by atoms with Crippen molar-refractivity contribution in [2.75, 3.05) is 13.1 Å². The van der Waals surface area contributed by atoms with E-state index in [1.54, 1.807) is 30.3 Å². The van der Waals surface area contributed by atoms with Crippen molar-refractivity contribution in [3.05, 3.63) is 35.9 Å². The highest BCUT2D eigenvalue weighted by atomic mass is 16.4. The van der Waals surface area contributed by atoms with Crippen molar-refractivity contribution in [2.24, 2.45) is 28.1 Å². The van der Waals surface area contributed by atoms with Gasteiger partial charge in [-0.05, 0) is 37.7 Å². The molecule has 0 radical (unpaired) electrons. The summed E-state index contributed by atoms with van der Waals surface area (Å²) in [5.41, 5.74) is 16.9. The molecule has 0 saturated carbocycles. The molecule has 14 heteroatoms. The zero-order valence-corrected chi connectivity index (χ0v) is 23.2. The number of carbonyl (C=O) groups is 5. The van der Waals surface area contributed by atoms with Crippen molar-refractivity contribution < 1.29 is 29.1 Å². The van der Waals surface area contributed by atoms with Crippen molar-refractivity contribution in [3.8, 4) is 0 Å². The Bertz CT molecular complexity index is 1030. The third-order valence-corrected chi connectivity index (χ3v) is 5.77. The number of aliphatic imine (C=N–C) groups is 1. The lowest BCUT2D eigenvalue weighted by Gasteiger charge is -2.26. The van der Waals surface area contributed by atoms with E-state index in [2.05, 4.69) is 26.3 Å². The lowest BCUT2D eigenvalue weighted by Crippen LogP contribution is -2.58. The number of benzene rings is 1. The van der Waals surface area contributed by atoms with Crippen LogP contribution in [0.2, 0.25) is 0 Å². The summed E-state index contributed by atoms with van der Waals surface area (Å²) < 4.78 is 0. The van der Waals surface area contributed by atoms with Gasteiger partial charge in [-0.2, -0.15) is 0 Å². The lowest BCUT2D eigenvalue weighted by molar-refractivity contribution is -0.141. The van der Waals surface area contributed by atoms with Gasteiger partial charge < -0.3 is 43.6 Å². The van der Waals surface area contributed by atoms with Gasteiger partial charge in [0.15, 0.2) is 5.96 Å². The van der Waals surface area contributed by atoms with Crippen molar-refractivity contribution in [3.63, 3.8) is 0 Å². The van der Waals surface area contributed by atoms with Crippen LogP contribution in [-0.2, 0) is 30.4 Å². The number of hydrogen-bond donors (Lipinski definition) is 8. The maximum atomic E-state index is 13.4. The standard InChI is InChI=1S/C26H42N8O6/c1-15(2)12-19(32-21(35)14-27)24(38)33-18(10-7-11-30-26(28)29)22(36)34-20(13-17-8-5-4-6-9-17)23(37)31-16(3)25(39)40/h4-6,8-9,15-16,18-20H,7,10-14,27H2,1-3H3,(H,31,37)(H,32,35)(H,33,38)(H,34,36)(H,39,40)(H4,28,29,30)/t16-,18-,19-,20-/m0/s1. The van der Waals surface area contributed by atoms with Crippen LogP contribution in [0.25, 0.3) is 0 Å². The molecule has 40 heavy (non-hydrogen) atoms. The minimum Gasteiger partial charge on any atom is -0.480 e. The fraction of sp³-hybridized carbons (Fsp3) is 0.538. The molecule has 0 fully saturated rings. The van der Waals surface area contributed by atoms with Crippen LogP contribution in [-0.4, -0.2) is 77.9 Å². The number of nitrogens with two attached hydrogens (primary N) is 3. The summed E-state index contributed by atoms with van der Waals surface area (Å²) in [6, 6.07) is 4.46. The van der Waals surface area contributed by atoms with Crippen molar-refractivity contribution in [1.82, 2.24) is 21.3 Å². The monoisotopic (exact) mass is 562 g/mol. The summed E-state index contributed by atoms with van der Waals surface area (Å²) in [5, 5.41) is 19.5. The second kappa shape index (κ2) is 17.4. The first kappa shape index (κ1) is 33.8. The van der Waals surface area contributed by atoms with Crippen LogP contribution in [0.1, 0.15) is 45.6 Å². The molecule has 0 aliphatic carbocycles. The first-order valence-electron chi connectivity index (χ1n) is 13.1. The number of aliphatic carboxylic acids is 1. The zero-order valence-electron chi connectivity index (χ0n) is 23.2. The van der Waals surface area contributed by atoms with Gasteiger partial charge in [0, 0.05) is 13.0 Å². The highest BCUT2D eigenvalue weighted by Crippen LogP contribution is 2.09. The molecule has 0 bridgehead atoms. The first-order valence-corrected chi connectivity index (χ1v) is 13.1. The van der Waals surface area contributed by atoms with Crippen molar-refractivity contribution >= 4 is 35.6 Å². The molecule has 0 aliphatic rings. The number of nitrogens with one attached hydrogen (secondary N) is 4. The Balaban J connectivity index is 3.19. The van der Waals surface area contributed by atoms with E-state index < -0.39 is 53.8 Å². The molecule has 0 unspecified atom stereocenters. The van der Waals surface area contributed by atoms with Crippen LogP contribution < -0.4 is 38.5 Å². The van der Waals surface area contributed by atoms with Gasteiger partial charge >= 0.3 is 5.97 Å². The van der Waals surface area contributed by atoms with E-state index in [1.165, 1.54) is 6.92 Å². The summed E-state index contributed by atoms with van der Waals surface area (Å²) in [6.45, 7) is 4.93. The lowest BCUT2D eigenvalue weighted by atomic mass is 10.0. The molecule has 4 atom stereocenters. The number of rotatable bonds is 17. The molecular formula is C26H42N8O6. The third kappa shape index (κ3) is 13.0. The fourth-order valence-corrected chi connectivity index (χ4v) is 3.71. The SMILES string of the molecule is CC(C)C[C@H](NC(=O)CN)C(=O)N[C@@H](CCCN=C(N)N)C(=O)N[C@@H](Cc1ccccc1)C(=O)N[C@@H](C)C(=O)O. The predicted octanol–water partition coefficient (Wildman–Crippen LogP) is -1.67. The Morgan fingerprint density at radius 1 is 0.850 bits per heavy atom. The Kier molecular flexibility index (Phi) is 14.7. The number of carboxylic acid groups (broad SMARTS) is 1. The molecule has 11 N–H and O–H groups in total. The van der Waals surface area contributed by atoms with Gasteiger partial charge in [0.2, 0.25) is 23.6 Å². The number of carboxylic acids is 1. The van der Waals surface area contributed by atoms with E-state index in [0.29, 0.717) is 12.8 Å². The van der Waals surface area contributed by atoms with Crippen molar-refractivity contribution in [2.45, 2.75) is 70.6 Å². The molecule has 0 aliphatic heterocycles. The van der Waals surface area contributed by atoms with Crippen LogP contribution in [0.15, 0.2) is 35.3 Å². The van der Waals surface area contributed by atoms with E-state index in [4.69, 9.17) is 17.2 Å². The van der Waals surface area contributed by atoms with Crippen LogP contribution in [0.3, 0.4) is 0 Å². The van der Waals surface area contributed by atoms with Crippen LogP contribution in [0.4, 0.5) is 0 Å². The van der Waals surface area contributed by atoms with E-state index in [1.807, 2.05) is 13.8 Å². The predicted molar refractivity (Wildman–Crippen MR) is 150 cm³/mol. The molecule has 14 nitrogen and oxygen atoms in total. The Morgan fingerprint density at radius 2 is 1.43 bits per heavy atom. The molecule has 0 saturated heterocycles. The summed E-state index contributed by atoms with van der Waals surface area (Å²) in [6.07, 6.45) is 0.790. The van der Waals surface area contributed by atoms with E-state index >= 15 is 0 Å². The van der Waals surface area contributed by atoms with Gasteiger partial charge in [0.05, 0.1) is 6.54 Å². The van der Waals surface area contributed by atoms with Gasteiger partial charge in [0.25, 0.3) is 0 Å². The molecule has 222 valence electrons. The summed E-state index contributed by atoms with van der Waals surface area (Å²) in [4.78, 5) is 66.7. The maximum Gasteiger partial charge on any atom is 0.325 e. The molecule has 0 heterocycles. The smallest absolute Gasteiger partial charge is 0.325 e. The Morgan fingerprint density at radius 3 is 1.98 bits per heavy atom. The Hall–Kier alpha value is -4.20. The average Bonchev–Trinajstić information content (AvgIpc) is 2.89. The number of nitrogens with zero attached hydrogens (tertiary/aromatic N) is 1. The first-order chi connectivity index (χ1) is 18.8. The van der Waals surface area contributed by atoms with E-state index in [9.17, 15) is 29.1 Å². The molecule has 0 spiro atoms. The van der Waals surface area contributed by atoms with E-state index in [-0.39, 0.29) is 37.8 Å². The summed E-state index contributed by atoms with van der Waals surface area (Å²) in [5.74, 6) is -3.82. The molecule has 1 rings (SSSR count). The van der Waals surface area contributed by atoms with Crippen LogP contribution in [0, 0.1) is 5.92 Å². The average molecular weight is 563 g/mol. The topological polar surface area (TPSA) is 244 Å². The van der Waals surface area contributed by atoms with Gasteiger partial charge in [0.1, 0.15) is 24.2 Å². The third-order valence-electron chi connectivity index (χ3n) is 5.77. The fourth-order valence-electron chi connectivity index (χ4n) is 3.71. The Labute approximate surface area is 233 Å². The molecule has 1 aromatic rings. The maximum absolute atomic E-state index is 13.4. The van der Waals surface area contributed by atoms with Gasteiger partial charge in [-0.25, -0.2) is 0 Å². The van der Waals surface area contributed by atoms with Gasteiger partial charge in [-0.1, -0.05) is 44.2 Å². The minimum absolute atomic E-state index is 0.0399. The number of amides is 4. The number of guanidine groups is 1. The van der Waals surface area contributed by atoms with Crippen LogP contribution in [0.5, 0.6) is 0 Å². The summed E-state index contributed by atoms with van der Waals surface area (Å²) in [7, 11) is 0. The van der Waals surface area contributed by atoms with Gasteiger partial charge in [-0.15, -0.1) is 0 Å². The molecular weight excluding hydrogens is 520 g/mol. The largest absolute Gasteiger partial charge is 0.480 e. The molecule has 4 amide bonds. The molecule has 1 aromatic carbocycles. The number of hydrogen-bond acceptors (Lipinski definition) is 7. The summed E-state index contributed by atoms with van der Waals surface area (Å²) >= 11 is 0. The van der Waals surface area contributed by atoms with Crippen molar-refractivity contribution in [1.29, 1.82) is 0 Å². The molecule has 0 aromatic heterocycles.